The van der Waals surface area contributed by atoms with Gasteiger partial charge in [-0.05, 0) is 25.6 Å². The molecule has 0 aliphatic carbocycles. The molecule has 18 heavy (non-hydrogen) atoms. The largest absolute Gasteiger partial charge is 0.486 e. The van der Waals surface area contributed by atoms with Gasteiger partial charge in [-0.15, -0.1) is 0 Å². The smallest absolute Gasteiger partial charge is 0.161 e. The molecule has 1 heterocycles. The van der Waals surface area contributed by atoms with Crippen molar-refractivity contribution in [2.75, 3.05) is 26.2 Å². The molecule has 1 aliphatic rings. The molecule has 2 N–H and O–H groups in total. The van der Waals surface area contributed by atoms with Gasteiger partial charge in [0, 0.05) is 19.1 Å². The van der Waals surface area contributed by atoms with E-state index in [0.717, 1.165) is 31.1 Å². The minimum Gasteiger partial charge on any atom is -0.486 e. The van der Waals surface area contributed by atoms with Crippen LogP contribution in [0, 0.1) is 0 Å². The van der Waals surface area contributed by atoms with Gasteiger partial charge in [-0.1, -0.05) is 19.1 Å². The first-order chi connectivity index (χ1) is 8.79. The molecule has 0 spiro atoms. The maximum Gasteiger partial charge on any atom is 0.161 e. The van der Waals surface area contributed by atoms with Gasteiger partial charge in [0.05, 0.1) is 0 Å². The van der Waals surface area contributed by atoms with Crippen molar-refractivity contribution in [3.8, 4) is 11.5 Å². The van der Waals surface area contributed by atoms with Gasteiger partial charge < -0.3 is 20.1 Å². The van der Waals surface area contributed by atoms with Crippen LogP contribution in [-0.2, 0) is 0 Å². The second kappa shape index (κ2) is 6.61. The molecule has 1 aromatic carbocycles. The fourth-order valence-corrected chi connectivity index (χ4v) is 1.93. The van der Waals surface area contributed by atoms with Crippen molar-refractivity contribution < 1.29 is 9.47 Å². The number of hydrogen-bond acceptors (Lipinski definition) is 4. The summed E-state index contributed by atoms with van der Waals surface area (Å²) in [5, 5.41) is 6.77. The SMILES string of the molecule is CCNCC(C)NCC1COc2ccccc2O1. The van der Waals surface area contributed by atoms with E-state index in [1.165, 1.54) is 0 Å². The lowest BCUT2D eigenvalue weighted by atomic mass is 10.2. The average Bonchev–Trinajstić information content (AvgIpc) is 2.42. The van der Waals surface area contributed by atoms with Crippen LogP contribution in [0.4, 0.5) is 0 Å². The van der Waals surface area contributed by atoms with Crippen LogP contribution in [0.15, 0.2) is 24.3 Å². The molecule has 1 aromatic rings. The monoisotopic (exact) mass is 250 g/mol. The van der Waals surface area contributed by atoms with Crippen molar-refractivity contribution in [3.05, 3.63) is 24.3 Å². The van der Waals surface area contributed by atoms with E-state index in [1.54, 1.807) is 0 Å². The van der Waals surface area contributed by atoms with Gasteiger partial charge >= 0.3 is 0 Å². The minimum atomic E-state index is 0.0870. The molecule has 0 saturated heterocycles. The van der Waals surface area contributed by atoms with Gasteiger partial charge in [0.25, 0.3) is 0 Å². The summed E-state index contributed by atoms with van der Waals surface area (Å²) in [6.45, 7) is 7.67. The lowest BCUT2D eigenvalue weighted by molar-refractivity contribution is 0.0886. The van der Waals surface area contributed by atoms with Crippen LogP contribution in [0.5, 0.6) is 11.5 Å². The number of likely N-dealkylation sites (N-methyl/N-ethyl adjacent to an activating group) is 1. The Bertz CT molecular complexity index is 371. The van der Waals surface area contributed by atoms with E-state index in [0.29, 0.717) is 12.6 Å². The van der Waals surface area contributed by atoms with Crippen molar-refractivity contribution >= 4 is 0 Å². The van der Waals surface area contributed by atoms with E-state index < -0.39 is 0 Å². The highest BCUT2D eigenvalue weighted by molar-refractivity contribution is 5.40. The molecule has 2 atom stereocenters. The normalized spacial score (nSPS) is 19.6. The third-order valence-electron chi connectivity index (χ3n) is 2.96. The average molecular weight is 250 g/mol. The maximum atomic E-state index is 5.88. The zero-order valence-electron chi connectivity index (χ0n) is 11.1. The first-order valence-electron chi connectivity index (χ1n) is 6.62. The highest BCUT2D eigenvalue weighted by atomic mass is 16.6. The Morgan fingerprint density at radius 3 is 2.89 bits per heavy atom. The molecular weight excluding hydrogens is 228 g/mol. The van der Waals surface area contributed by atoms with E-state index in [4.69, 9.17) is 9.47 Å². The lowest BCUT2D eigenvalue weighted by Gasteiger charge is -2.27. The van der Waals surface area contributed by atoms with Crippen LogP contribution in [0.3, 0.4) is 0 Å². The number of benzene rings is 1. The van der Waals surface area contributed by atoms with Crippen LogP contribution in [0.25, 0.3) is 0 Å². The van der Waals surface area contributed by atoms with E-state index >= 15 is 0 Å². The van der Waals surface area contributed by atoms with Gasteiger partial charge in [-0.3, -0.25) is 0 Å². The Morgan fingerprint density at radius 1 is 1.33 bits per heavy atom. The molecule has 2 unspecified atom stereocenters. The van der Waals surface area contributed by atoms with Crippen molar-refractivity contribution in [2.24, 2.45) is 0 Å². The molecule has 0 radical (unpaired) electrons. The third kappa shape index (κ3) is 3.62. The van der Waals surface area contributed by atoms with Crippen LogP contribution in [-0.4, -0.2) is 38.4 Å². The summed E-state index contributed by atoms with van der Waals surface area (Å²) in [7, 11) is 0. The third-order valence-corrected chi connectivity index (χ3v) is 2.96. The summed E-state index contributed by atoms with van der Waals surface area (Å²) >= 11 is 0. The molecular formula is C14H22N2O2. The Labute approximate surface area is 109 Å². The Kier molecular flexibility index (Phi) is 4.84. The number of rotatable bonds is 6. The quantitative estimate of drug-likeness (QED) is 0.801. The molecule has 4 heteroatoms. The molecule has 0 amide bonds. The summed E-state index contributed by atoms with van der Waals surface area (Å²) in [4.78, 5) is 0. The summed E-state index contributed by atoms with van der Waals surface area (Å²) in [6, 6.07) is 8.24. The fraction of sp³-hybridized carbons (Fsp3) is 0.571. The number of fused-ring (bicyclic) bond motifs is 1. The second-order valence-electron chi connectivity index (χ2n) is 4.61. The highest BCUT2D eigenvalue weighted by Gasteiger charge is 2.20. The van der Waals surface area contributed by atoms with Crippen LogP contribution < -0.4 is 20.1 Å². The van der Waals surface area contributed by atoms with E-state index in [9.17, 15) is 0 Å². The predicted octanol–water partition coefficient (Wildman–Crippen LogP) is 1.41. The molecule has 100 valence electrons. The van der Waals surface area contributed by atoms with Crippen LogP contribution in [0.2, 0.25) is 0 Å². The summed E-state index contributed by atoms with van der Waals surface area (Å²) in [5.41, 5.74) is 0. The molecule has 2 rings (SSSR count). The molecule has 0 fully saturated rings. The zero-order valence-corrected chi connectivity index (χ0v) is 11.1. The van der Waals surface area contributed by atoms with Gasteiger partial charge in [0.15, 0.2) is 11.5 Å². The van der Waals surface area contributed by atoms with Crippen molar-refractivity contribution in [3.63, 3.8) is 0 Å². The number of para-hydroxylation sites is 2. The molecule has 0 aromatic heterocycles. The van der Waals surface area contributed by atoms with Gasteiger partial charge in [0.1, 0.15) is 12.7 Å². The van der Waals surface area contributed by atoms with Gasteiger partial charge in [0.2, 0.25) is 0 Å². The van der Waals surface area contributed by atoms with E-state index in [2.05, 4.69) is 24.5 Å². The fourth-order valence-electron chi connectivity index (χ4n) is 1.93. The summed E-state index contributed by atoms with van der Waals surface area (Å²) in [6.07, 6.45) is 0.0870. The molecule has 0 bridgehead atoms. The summed E-state index contributed by atoms with van der Waals surface area (Å²) in [5.74, 6) is 1.68. The van der Waals surface area contributed by atoms with Crippen molar-refractivity contribution in [1.82, 2.24) is 10.6 Å². The lowest BCUT2D eigenvalue weighted by Crippen LogP contribution is -2.44. The number of nitrogens with one attached hydrogen (secondary N) is 2. The standard InChI is InChI=1S/C14H22N2O2/c1-3-15-8-11(2)16-9-12-10-17-13-6-4-5-7-14(13)18-12/h4-7,11-12,15-16H,3,8-10H2,1-2H3. The number of hydrogen-bond donors (Lipinski definition) is 2. The van der Waals surface area contributed by atoms with Gasteiger partial charge in [-0.2, -0.15) is 0 Å². The van der Waals surface area contributed by atoms with Crippen molar-refractivity contribution in [1.29, 1.82) is 0 Å². The van der Waals surface area contributed by atoms with Crippen LogP contribution >= 0.6 is 0 Å². The van der Waals surface area contributed by atoms with Crippen molar-refractivity contribution in [2.45, 2.75) is 26.0 Å². The molecule has 0 saturated carbocycles. The highest BCUT2D eigenvalue weighted by Crippen LogP contribution is 2.30. The van der Waals surface area contributed by atoms with Gasteiger partial charge in [-0.25, -0.2) is 0 Å². The first kappa shape index (κ1) is 13.2. The molecule has 4 nitrogen and oxygen atoms in total. The Balaban J connectivity index is 1.76. The van der Waals surface area contributed by atoms with E-state index in [1.807, 2.05) is 24.3 Å². The Hall–Kier alpha value is -1.26. The molecule has 1 aliphatic heterocycles. The minimum absolute atomic E-state index is 0.0870. The maximum absolute atomic E-state index is 5.88. The predicted molar refractivity (Wildman–Crippen MR) is 72.4 cm³/mol. The zero-order chi connectivity index (χ0) is 12.8. The summed E-state index contributed by atoms with van der Waals surface area (Å²) < 4.78 is 11.5. The first-order valence-corrected chi connectivity index (χ1v) is 6.62. The van der Waals surface area contributed by atoms with E-state index in [-0.39, 0.29) is 6.10 Å². The second-order valence-corrected chi connectivity index (χ2v) is 4.61. The number of ether oxygens (including phenoxy) is 2. The Morgan fingerprint density at radius 2 is 2.11 bits per heavy atom. The van der Waals surface area contributed by atoms with Crippen LogP contribution in [0.1, 0.15) is 13.8 Å². The topological polar surface area (TPSA) is 42.5 Å².